The van der Waals surface area contributed by atoms with E-state index in [1.54, 1.807) is 34.4 Å². The van der Waals surface area contributed by atoms with E-state index in [0.29, 0.717) is 0 Å². The molecule has 4 N–H and O–H groups in total. The molecule has 1 fully saturated rings. The van der Waals surface area contributed by atoms with Crippen molar-refractivity contribution >= 4 is 62.6 Å². The van der Waals surface area contributed by atoms with Crippen LogP contribution in [0.15, 0.2) is 75.7 Å². The van der Waals surface area contributed by atoms with Gasteiger partial charge in [-0.3, -0.25) is 9.97 Å². The first kappa shape index (κ1) is 26.4. The Bertz CT molecular complexity index is 1160. The van der Waals surface area contributed by atoms with Gasteiger partial charge in [0.1, 0.15) is 0 Å². The Morgan fingerprint density at radius 2 is 1.41 bits per heavy atom. The summed E-state index contributed by atoms with van der Waals surface area (Å²) < 4.78 is 12.9. The van der Waals surface area contributed by atoms with Crippen molar-refractivity contribution in [3.8, 4) is 10.4 Å². The standard InChI is InChI=1S/C12H18BNO2.C9H8N2S.C3H2BrNS/c1-11(2)12(3,4)16-13(15-11)9-6-5-7-10(14)8-9;10-8-3-1-2-7(4-8)9-5-11-6-12-9;4-3-1-5-2-6-3/h5-8H,14H2,1-4H3;1-6H,10H2;1-2H. The number of halogens is 1. The molecular weight excluding hydrogens is 531 g/mol. The maximum atomic E-state index is 5.93. The monoisotopic (exact) mass is 558 g/mol. The van der Waals surface area contributed by atoms with Crippen LogP contribution in [-0.4, -0.2) is 28.3 Å². The number of rotatable bonds is 2. The fraction of sp³-hybridized carbons (Fsp3) is 0.250. The smallest absolute Gasteiger partial charge is 0.399 e. The average molecular weight is 559 g/mol. The van der Waals surface area contributed by atoms with Gasteiger partial charge in [0.15, 0.2) is 0 Å². The van der Waals surface area contributed by atoms with E-state index in [9.17, 15) is 0 Å². The molecule has 0 saturated carbocycles. The topological polar surface area (TPSA) is 96.3 Å². The first-order valence-corrected chi connectivity index (χ1v) is 13.1. The van der Waals surface area contributed by atoms with E-state index in [1.807, 2.05) is 87.9 Å². The fourth-order valence-corrected chi connectivity index (χ4v) is 4.27. The number of hydrogen-bond donors (Lipinski definition) is 2. The van der Waals surface area contributed by atoms with Gasteiger partial charge in [-0.05, 0) is 78.9 Å². The van der Waals surface area contributed by atoms with Gasteiger partial charge in [-0.2, -0.15) is 0 Å². The highest BCUT2D eigenvalue weighted by molar-refractivity contribution is 9.11. The number of thiazole rings is 2. The summed E-state index contributed by atoms with van der Waals surface area (Å²) in [6.45, 7) is 8.16. The molecule has 3 heterocycles. The number of hydrogen-bond acceptors (Lipinski definition) is 8. The van der Waals surface area contributed by atoms with E-state index in [-0.39, 0.29) is 18.3 Å². The molecule has 5 rings (SSSR count). The van der Waals surface area contributed by atoms with Crippen LogP contribution in [0.1, 0.15) is 27.7 Å². The zero-order chi connectivity index (χ0) is 24.8. The molecule has 6 nitrogen and oxygen atoms in total. The highest BCUT2D eigenvalue weighted by Gasteiger charge is 2.51. The highest BCUT2D eigenvalue weighted by atomic mass is 79.9. The van der Waals surface area contributed by atoms with E-state index in [2.05, 4.69) is 25.9 Å². The molecule has 0 amide bonds. The predicted octanol–water partition coefficient (Wildman–Crippen LogP) is 5.87. The summed E-state index contributed by atoms with van der Waals surface area (Å²) in [5.74, 6) is 0. The van der Waals surface area contributed by atoms with Crippen LogP contribution in [0, 0.1) is 0 Å². The minimum atomic E-state index is -0.325. The number of aromatic nitrogens is 2. The summed E-state index contributed by atoms with van der Waals surface area (Å²) in [4.78, 5) is 8.95. The molecule has 178 valence electrons. The normalized spacial score (nSPS) is 15.6. The minimum Gasteiger partial charge on any atom is -0.399 e. The van der Waals surface area contributed by atoms with Gasteiger partial charge < -0.3 is 20.8 Å². The third-order valence-electron chi connectivity index (χ3n) is 5.44. The number of anilines is 2. The van der Waals surface area contributed by atoms with Crippen molar-refractivity contribution in [2.45, 2.75) is 38.9 Å². The zero-order valence-corrected chi connectivity index (χ0v) is 22.8. The van der Waals surface area contributed by atoms with Crippen LogP contribution >= 0.6 is 38.6 Å². The predicted molar refractivity (Wildman–Crippen MR) is 148 cm³/mol. The first-order chi connectivity index (χ1) is 16.1. The number of nitrogen functional groups attached to an aromatic ring is 2. The summed E-state index contributed by atoms with van der Waals surface area (Å²) >= 11 is 6.44. The van der Waals surface area contributed by atoms with Gasteiger partial charge in [-0.15, -0.1) is 22.7 Å². The number of nitrogens with two attached hydrogens (primary N) is 2. The molecule has 34 heavy (non-hydrogen) atoms. The van der Waals surface area contributed by atoms with Crippen molar-refractivity contribution in [1.29, 1.82) is 0 Å². The third-order valence-corrected chi connectivity index (χ3v) is 7.59. The van der Waals surface area contributed by atoms with Crippen molar-refractivity contribution in [2.24, 2.45) is 0 Å². The number of nitrogens with zero attached hydrogens (tertiary/aromatic N) is 2. The van der Waals surface area contributed by atoms with Crippen LogP contribution in [0.2, 0.25) is 0 Å². The lowest BCUT2D eigenvalue weighted by atomic mass is 9.79. The second kappa shape index (κ2) is 11.5. The summed E-state index contributed by atoms with van der Waals surface area (Å²) in [5, 5.41) is 0. The highest BCUT2D eigenvalue weighted by Crippen LogP contribution is 2.36. The lowest BCUT2D eigenvalue weighted by Crippen LogP contribution is -2.41. The molecule has 0 bridgehead atoms. The van der Waals surface area contributed by atoms with Crippen molar-refractivity contribution in [3.05, 3.63) is 75.7 Å². The Kier molecular flexibility index (Phi) is 8.89. The van der Waals surface area contributed by atoms with Gasteiger partial charge >= 0.3 is 7.12 Å². The molecule has 0 atom stereocenters. The second-order valence-electron chi connectivity index (χ2n) is 8.56. The van der Waals surface area contributed by atoms with Gasteiger partial charge in [0.25, 0.3) is 0 Å². The summed E-state index contributed by atoms with van der Waals surface area (Å²) in [6.07, 6.45) is 3.62. The van der Waals surface area contributed by atoms with Gasteiger partial charge in [0.2, 0.25) is 0 Å². The zero-order valence-electron chi connectivity index (χ0n) is 19.6. The van der Waals surface area contributed by atoms with Gasteiger partial charge in [0.05, 0.1) is 37.1 Å². The molecule has 1 aliphatic rings. The molecule has 4 aromatic rings. The molecule has 0 unspecified atom stereocenters. The Labute approximate surface area is 217 Å². The molecule has 1 saturated heterocycles. The van der Waals surface area contributed by atoms with E-state index in [1.165, 1.54) is 0 Å². The van der Waals surface area contributed by atoms with Crippen molar-refractivity contribution in [1.82, 2.24) is 9.97 Å². The van der Waals surface area contributed by atoms with Crippen LogP contribution in [0.3, 0.4) is 0 Å². The molecule has 2 aromatic carbocycles. The fourth-order valence-electron chi connectivity index (χ4n) is 2.94. The van der Waals surface area contributed by atoms with Crippen LogP contribution in [0.25, 0.3) is 10.4 Å². The Balaban J connectivity index is 0.000000157. The van der Waals surface area contributed by atoms with Crippen LogP contribution in [0.5, 0.6) is 0 Å². The SMILES string of the molecule is Brc1cncs1.CC1(C)OB(c2cccc(N)c2)OC1(C)C.Nc1cccc(-c2cncs2)c1. The van der Waals surface area contributed by atoms with Crippen LogP contribution in [0.4, 0.5) is 11.4 Å². The molecular formula is C24H28BBrN4O2S2. The Morgan fingerprint density at radius 3 is 1.88 bits per heavy atom. The van der Waals surface area contributed by atoms with Gasteiger partial charge in [-0.1, -0.05) is 24.3 Å². The summed E-state index contributed by atoms with van der Waals surface area (Å²) in [7, 11) is -0.325. The maximum Gasteiger partial charge on any atom is 0.494 e. The average Bonchev–Trinajstić information content (AvgIpc) is 3.51. The molecule has 1 aliphatic heterocycles. The largest absolute Gasteiger partial charge is 0.494 e. The van der Waals surface area contributed by atoms with Crippen molar-refractivity contribution in [2.75, 3.05) is 11.5 Å². The number of benzene rings is 2. The molecule has 0 spiro atoms. The van der Waals surface area contributed by atoms with Gasteiger partial charge in [0, 0.05) is 17.6 Å². The Morgan fingerprint density at radius 1 is 0.824 bits per heavy atom. The van der Waals surface area contributed by atoms with E-state index in [4.69, 9.17) is 20.8 Å². The molecule has 0 radical (unpaired) electrons. The minimum absolute atomic E-state index is 0.303. The van der Waals surface area contributed by atoms with E-state index < -0.39 is 0 Å². The summed E-state index contributed by atoms with van der Waals surface area (Å²) in [6, 6.07) is 15.4. The second-order valence-corrected chi connectivity index (χ2v) is 11.7. The molecule has 0 aliphatic carbocycles. The summed E-state index contributed by atoms with van der Waals surface area (Å²) in [5.41, 5.74) is 18.0. The lowest BCUT2D eigenvalue weighted by Gasteiger charge is -2.32. The van der Waals surface area contributed by atoms with Crippen molar-refractivity contribution < 1.29 is 9.31 Å². The third kappa shape index (κ3) is 7.13. The molecule has 10 heteroatoms. The van der Waals surface area contributed by atoms with Gasteiger partial charge in [-0.25, -0.2) is 0 Å². The van der Waals surface area contributed by atoms with E-state index >= 15 is 0 Å². The lowest BCUT2D eigenvalue weighted by molar-refractivity contribution is 0.00578. The first-order valence-electron chi connectivity index (χ1n) is 10.6. The van der Waals surface area contributed by atoms with E-state index in [0.717, 1.165) is 31.1 Å². The van der Waals surface area contributed by atoms with Crippen molar-refractivity contribution in [3.63, 3.8) is 0 Å². The van der Waals surface area contributed by atoms with Crippen LogP contribution in [-0.2, 0) is 9.31 Å². The van der Waals surface area contributed by atoms with Crippen LogP contribution < -0.4 is 16.9 Å². The maximum absolute atomic E-state index is 5.93. The molecule has 2 aromatic heterocycles. The Hall–Kier alpha value is -2.24. The quantitative estimate of drug-likeness (QED) is 0.236.